The Bertz CT molecular complexity index is 1020. The second kappa shape index (κ2) is 11.1. The molecule has 0 fully saturated rings. The fourth-order valence-corrected chi connectivity index (χ4v) is 3.45. The average Bonchev–Trinajstić information content (AvgIpc) is 2.71. The first-order valence-corrected chi connectivity index (χ1v) is 10.5. The lowest BCUT2D eigenvalue weighted by atomic mass is 10.2. The number of benzene rings is 2. The number of nitrogens with two attached hydrogens (primary N) is 3. The Morgan fingerprint density at radius 3 is 2.29 bits per heavy atom. The molecule has 0 aliphatic heterocycles. The maximum Gasteiger partial charge on any atom is 0.345 e. The summed E-state index contributed by atoms with van der Waals surface area (Å²) in [5.74, 6) is -1.47. The summed E-state index contributed by atoms with van der Waals surface area (Å²) in [5.41, 5.74) is 16.2. The van der Waals surface area contributed by atoms with Crippen LogP contribution in [0.1, 0.15) is 16.8 Å². The largest absolute Gasteiger partial charge is 0.492 e. The quantitative estimate of drug-likeness (QED) is 0.0940. The standard InChI is InChI=1S/C19H23N5O6S/c20-16(24-31(27,28)15-4-2-1-3-5-15)12-17(25)30-18(26)13-6-8-14(9-7-13)29-11-10-23-19(21)22/h1-9,16,24H,10-12,20H2,(H4,21,22,23)/t16-/m0/s1. The topological polar surface area (TPSA) is 189 Å². The molecule has 0 bridgehead atoms. The first-order valence-electron chi connectivity index (χ1n) is 9.03. The molecular formula is C19H23N5O6S. The van der Waals surface area contributed by atoms with Gasteiger partial charge in [0.1, 0.15) is 12.4 Å². The highest BCUT2D eigenvalue weighted by atomic mass is 32.2. The van der Waals surface area contributed by atoms with Crippen LogP contribution in [0.2, 0.25) is 0 Å². The van der Waals surface area contributed by atoms with Crippen LogP contribution in [-0.2, 0) is 19.6 Å². The first-order chi connectivity index (χ1) is 14.7. The van der Waals surface area contributed by atoms with Crippen LogP contribution in [0.15, 0.2) is 64.5 Å². The van der Waals surface area contributed by atoms with E-state index in [0.29, 0.717) is 5.75 Å². The van der Waals surface area contributed by atoms with Crippen molar-refractivity contribution < 1.29 is 27.5 Å². The monoisotopic (exact) mass is 449 g/mol. The van der Waals surface area contributed by atoms with Crippen LogP contribution in [0.5, 0.6) is 5.75 Å². The van der Waals surface area contributed by atoms with E-state index in [1.165, 1.54) is 36.4 Å². The fourth-order valence-electron chi connectivity index (χ4n) is 2.32. The van der Waals surface area contributed by atoms with Crippen LogP contribution in [0.3, 0.4) is 0 Å². The van der Waals surface area contributed by atoms with Gasteiger partial charge < -0.3 is 26.7 Å². The van der Waals surface area contributed by atoms with Gasteiger partial charge in [0, 0.05) is 0 Å². The van der Waals surface area contributed by atoms with Crippen molar-refractivity contribution in [3.05, 3.63) is 60.2 Å². The molecule has 0 unspecified atom stereocenters. The number of hydrogen-bond acceptors (Lipinski definition) is 8. The van der Waals surface area contributed by atoms with E-state index >= 15 is 0 Å². The van der Waals surface area contributed by atoms with Crippen molar-refractivity contribution in [3.63, 3.8) is 0 Å². The number of ether oxygens (including phenoxy) is 2. The summed E-state index contributed by atoms with van der Waals surface area (Å²) in [6.07, 6.45) is -1.81. The molecule has 0 aromatic heterocycles. The molecule has 0 aliphatic rings. The first kappa shape index (κ1) is 23.8. The second-order valence-electron chi connectivity index (χ2n) is 6.19. The van der Waals surface area contributed by atoms with E-state index in [9.17, 15) is 18.0 Å². The summed E-state index contributed by atoms with van der Waals surface area (Å²) in [7, 11) is -3.91. The van der Waals surface area contributed by atoms with Crippen LogP contribution in [0, 0.1) is 0 Å². The van der Waals surface area contributed by atoms with Gasteiger partial charge in [-0.05, 0) is 36.4 Å². The number of carbonyl (C=O) groups is 2. The smallest absolute Gasteiger partial charge is 0.345 e. The van der Waals surface area contributed by atoms with Crippen molar-refractivity contribution in [2.24, 2.45) is 22.2 Å². The van der Waals surface area contributed by atoms with E-state index in [1.54, 1.807) is 18.2 Å². The third kappa shape index (κ3) is 8.04. The van der Waals surface area contributed by atoms with Crippen molar-refractivity contribution in [1.29, 1.82) is 0 Å². The lowest BCUT2D eigenvalue weighted by Crippen LogP contribution is -2.43. The van der Waals surface area contributed by atoms with Crippen LogP contribution in [0.4, 0.5) is 0 Å². The van der Waals surface area contributed by atoms with E-state index in [-0.39, 0.29) is 29.6 Å². The predicted octanol–water partition coefficient (Wildman–Crippen LogP) is -0.324. The number of sulfonamides is 1. The Hall–Kier alpha value is -3.48. The predicted molar refractivity (Wildman–Crippen MR) is 112 cm³/mol. The molecule has 31 heavy (non-hydrogen) atoms. The van der Waals surface area contributed by atoms with Gasteiger partial charge >= 0.3 is 11.9 Å². The van der Waals surface area contributed by atoms with E-state index in [4.69, 9.17) is 26.7 Å². The van der Waals surface area contributed by atoms with Crippen LogP contribution >= 0.6 is 0 Å². The number of carbonyl (C=O) groups excluding carboxylic acids is 2. The second-order valence-corrected chi connectivity index (χ2v) is 7.90. The maximum absolute atomic E-state index is 12.2. The molecule has 0 saturated heterocycles. The maximum atomic E-state index is 12.2. The molecule has 12 heteroatoms. The van der Waals surface area contributed by atoms with E-state index in [0.717, 1.165) is 0 Å². The molecule has 7 N–H and O–H groups in total. The van der Waals surface area contributed by atoms with Gasteiger partial charge in [-0.25, -0.2) is 13.2 Å². The van der Waals surface area contributed by atoms with Crippen molar-refractivity contribution in [3.8, 4) is 5.75 Å². The Labute approximate surface area is 179 Å². The van der Waals surface area contributed by atoms with Crippen molar-refractivity contribution in [1.82, 2.24) is 4.72 Å². The molecule has 0 radical (unpaired) electrons. The minimum absolute atomic E-state index is 0.00417. The fraction of sp³-hybridized carbons (Fsp3) is 0.211. The number of guanidine groups is 1. The molecule has 0 aliphatic carbocycles. The highest BCUT2D eigenvalue weighted by Gasteiger charge is 2.21. The van der Waals surface area contributed by atoms with Crippen molar-refractivity contribution in [2.75, 3.05) is 13.2 Å². The summed E-state index contributed by atoms with van der Waals surface area (Å²) < 4.78 is 36.6. The minimum atomic E-state index is -3.91. The molecule has 2 rings (SSSR count). The van der Waals surface area contributed by atoms with E-state index < -0.39 is 34.5 Å². The molecule has 2 aromatic carbocycles. The van der Waals surface area contributed by atoms with Crippen LogP contribution < -0.4 is 26.7 Å². The molecule has 0 heterocycles. The summed E-state index contributed by atoms with van der Waals surface area (Å²) in [5, 5.41) is 0. The number of aliphatic imine (C=N–C) groups is 1. The van der Waals surface area contributed by atoms with Crippen molar-refractivity contribution >= 4 is 27.9 Å². The third-order valence-corrected chi connectivity index (χ3v) is 5.20. The Morgan fingerprint density at radius 2 is 1.68 bits per heavy atom. The summed E-state index contributed by atoms with van der Waals surface area (Å²) in [6.45, 7) is 0.506. The lowest BCUT2D eigenvalue weighted by Gasteiger charge is -2.13. The van der Waals surface area contributed by atoms with Gasteiger partial charge in [-0.1, -0.05) is 18.2 Å². The minimum Gasteiger partial charge on any atom is -0.492 e. The zero-order valence-corrected chi connectivity index (χ0v) is 17.2. The Balaban J connectivity index is 1.83. The Morgan fingerprint density at radius 1 is 1.03 bits per heavy atom. The molecule has 166 valence electrons. The van der Waals surface area contributed by atoms with Gasteiger partial charge in [0.05, 0.1) is 29.6 Å². The number of hydrogen-bond donors (Lipinski definition) is 4. The number of nitrogens with one attached hydrogen (secondary N) is 1. The lowest BCUT2D eigenvalue weighted by molar-refractivity contribution is -0.138. The van der Waals surface area contributed by atoms with Gasteiger partial charge in [-0.15, -0.1) is 0 Å². The molecule has 0 saturated carbocycles. The van der Waals surface area contributed by atoms with Gasteiger partial charge in [0.25, 0.3) is 0 Å². The molecule has 0 spiro atoms. The summed E-state index contributed by atoms with van der Waals surface area (Å²) in [6, 6.07) is 13.4. The normalized spacial score (nSPS) is 11.9. The molecule has 2 aromatic rings. The van der Waals surface area contributed by atoms with Crippen molar-refractivity contribution in [2.45, 2.75) is 17.5 Å². The number of esters is 2. The zero-order chi connectivity index (χ0) is 22.9. The van der Waals surface area contributed by atoms with E-state index in [2.05, 4.69) is 9.71 Å². The number of nitrogens with zero attached hydrogens (tertiary/aromatic N) is 1. The highest BCUT2D eigenvalue weighted by molar-refractivity contribution is 7.89. The van der Waals surface area contributed by atoms with Gasteiger partial charge in [0.15, 0.2) is 5.96 Å². The number of rotatable bonds is 10. The van der Waals surface area contributed by atoms with E-state index in [1.807, 2.05) is 0 Å². The molecular weight excluding hydrogens is 426 g/mol. The molecule has 11 nitrogen and oxygen atoms in total. The summed E-state index contributed by atoms with van der Waals surface area (Å²) >= 11 is 0. The molecule has 1 atom stereocenters. The highest BCUT2D eigenvalue weighted by Crippen LogP contribution is 2.13. The van der Waals surface area contributed by atoms with Gasteiger partial charge in [-0.2, -0.15) is 4.72 Å². The van der Waals surface area contributed by atoms with Crippen LogP contribution in [0.25, 0.3) is 0 Å². The van der Waals surface area contributed by atoms with Crippen LogP contribution in [-0.4, -0.2) is 45.6 Å². The van der Waals surface area contributed by atoms with Gasteiger partial charge in [0.2, 0.25) is 10.0 Å². The zero-order valence-electron chi connectivity index (χ0n) is 16.4. The average molecular weight is 449 g/mol. The Kier molecular flexibility index (Phi) is 8.49. The molecule has 0 amide bonds. The third-order valence-electron chi connectivity index (χ3n) is 3.70. The van der Waals surface area contributed by atoms with Gasteiger partial charge in [-0.3, -0.25) is 9.79 Å². The summed E-state index contributed by atoms with van der Waals surface area (Å²) in [4.78, 5) is 27.8. The SMILES string of the molecule is NC(N)=NCCOc1ccc(C(=O)OC(=O)C[C@@H](N)NS(=O)(=O)c2ccccc2)cc1.